The molecule has 2 aliphatic rings. The topological polar surface area (TPSA) is 125 Å². The molecule has 0 bridgehead atoms. The molecule has 3 aromatic rings. The van der Waals surface area contributed by atoms with Gasteiger partial charge in [-0.05, 0) is 43.2 Å². The van der Waals surface area contributed by atoms with Crippen molar-refractivity contribution in [1.82, 2.24) is 19.6 Å². The van der Waals surface area contributed by atoms with Crippen molar-refractivity contribution >= 4 is 44.5 Å². The Morgan fingerprint density at radius 2 is 1.71 bits per heavy atom. The van der Waals surface area contributed by atoms with Crippen LogP contribution in [0, 0.1) is 0 Å². The minimum Gasteiger partial charge on any atom is -0.354 e. The zero-order valence-corrected chi connectivity index (χ0v) is 19.2. The average molecular weight is 481 g/mol. The van der Waals surface area contributed by atoms with E-state index < -0.39 is 15.9 Å². The second kappa shape index (κ2) is 8.99. The zero-order chi connectivity index (χ0) is 23.7. The number of para-hydroxylation sites is 2. The molecule has 34 heavy (non-hydrogen) atoms. The Morgan fingerprint density at radius 3 is 2.44 bits per heavy atom. The summed E-state index contributed by atoms with van der Waals surface area (Å²) < 4.78 is 27.2. The van der Waals surface area contributed by atoms with Crippen LogP contribution in [0.4, 0.5) is 11.6 Å². The van der Waals surface area contributed by atoms with Crippen LogP contribution < -0.4 is 15.5 Å². The molecule has 2 N–H and O–H groups in total. The lowest BCUT2D eigenvalue weighted by molar-refractivity contribution is -0.122. The lowest BCUT2D eigenvalue weighted by Gasteiger charge is -2.26. The summed E-state index contributed by atoms with van der Waals surface area (Å²) in [6, 6.07) is 13.2. The van der Waals surface area contributed by atoms with Gasteiger partial charge in [0.15, 0.2) is 11.6 Å². The van der Waals surface area contributed by atoms with Gasteiger partial charge < -0.3 is 15.5 Å². The van der Waals surface area contributed by atoms with E-state index in [2.05, 4.69) is 20.5 Å². The molecule has 2 amide bonds. The highest BCUT2D eigenvalue weighted by atomic mass is 32.2. The number of hydrogen-bond donors (Lipinski definition) is 2. The fourth-order valence-corrected chi connectivity index (χ4v) is 5.61. The monoisotopic (exact) mass is 480 g/mol. The summed E-state index contributed by atoms with van der Waals surface area (Å²) in [6.45, 7) is 1.83. The summed E-state index contributed by atoms with van der Waals surface area (Å²) in [7, 11) is -3.92. The Hall–Kier alpha value is -3.57. The van der Waals surface area contributed by atoms with Crippen molar-refractivity contribution < 1.29 is 18.0 Å². The van der Waals surface area contributed by atoms with Crippen molar-refractivity contribution in [1.29, 1.82) is 0 Å². The van der Waals surface area contributed by atoms with Crippen LogP contribution in [-0.2, 0) is 14.8 Å². The van der Waals surface area contributed by atoms with Gasteiger partial charge in [0.05, 0.1) is 22.5 Å². The molecule has 5 rings (SSSR count). The van der Waals surface area contributed by atoms with Crippen LogP contribution in [0.25, 0.3) is 11.0 Å². The van der Waals surface area contributed by atoms with E-state index in [4.69, 9.17) is 4.98 Å². The van der Waals surface area contributed by atoms with E-state index in [9.17, 15) is 18.0 Å². The average Bonchev–Trinajstić information content (AvgIpc) is 3.38. The molecule has 2 aromatic carbocycles. The van der Waals surface area contributed by atoms with Crippen LogP contribution in [0.3, 0.4) is 0 Å². The molecule has 176 valence electrons. The fourth-order valence-electron chi connectivity index (χ4n) is 4.17. The van der Waals surface area contributed by atoms with Crippen molar-refractivity contribution in [3.8, 4) is 0 Å². The predicted octanol–water partition coefficient (Wildman–Crippen LogP) is 1.60. The van der Waals surface area contributed by atoms with E-state index in [1.54, 1.807) is 6.07 Å². The largest absolute Gasteiger partial charge is 0.354 e. The first kappa shape index (κ1) is 22.2. The maximum Gasteiger partial charge on any atom is 0.256 e. The number of carbonyl (C=O) groups is 2. The van der Waals surface area contributed by atoms with E-state index in [1.807, 2.05) is 24.3 Å². The molecule has 3 heterocycles. The molecule has 1 aromatic heterocycles. The first-order chi connectivity index (χ1) is 16.4. The highest BCUT2D eigenvalue weighted by Gasteiger charge is 2.30. The van der Waals surface area contributed by atoms with Gasteiger partial charge in [0, 0.05) is 31.7 Å². The first-order valence-electron chi connectivity index (χ1n) is 11.1. The molecule has 0 aliphatic carbocycles. The first-order valence-corrected chi connectivity index (χ1v) is 12.6. The number of fused-ring (bicyclic) bond motifs is 1. The Labute approximate surface area is 197 Å². The Balaban J connectivity index is 1.45. The number of rotatable bonds is 5. The number of carbonyl (C=O) groups excluding carboxylic acids is 2. The number of nitrogens with one attached hydrogen (secondary N) is 2. The summed E-state index contributed by atoms with van der Waals surface area (Å²) in [5.41, 5.74) is 1.56. The van der Waals surface area contributed by atoms with E-state index in [-0.39, 0.29) is 36.0 Å². The molecular weight excluding hydrogens is 456 g/mol. The molecule has 0 spiro atoms. The van der Waals surface area contributed by atoms with Gasteiger partial charge in [-0.15, -0.1) is 0 Å². The van der Waals surface area contributed by atoms with Gasteiger partial charge >= 0.3 is 0 Å². The SMILES string of the molecule is O=C1CN(S(=O)(=O)c2cccc(C(=O)Nc3nc4ccccc4nc3N3CCCC3)c2)CCN1. The van der Waals surface area contributed by atoms with E-state index in [0.717, 1.165) is 35.8 Å². The number of nitrogens with zero attached hydrogens (tertiary/aromatic N) is 4. The molecule has 0 radical (unpaired) electrons. The number of sulfonamides is 1. The van der Waals surface area contributed by atoms with E-state index in [0.29, 0.717) is 17.2 Å². The molecule has 2 fully saturated rings. The number of piperazine rings is 1. The number of benzene rings is 2. The van der Waals surface area contributed by atoms with E-state index >= 15 is 0 Å². The third-order valence-corrected chi connectivity index (χ3v) is 7.77. The highest BCUT2D eigenvalue weighted by molar-refractivity contribution is 7.89. The predicted molar refractivity (Wildman–Crippen MR) is 127 cm³/mol. The third-order valence-electron chi connectivity index (χ3n) is 5.93. The summed E-state index contributed by atoms with van der Waals surface area (Å²) in [4.78, 5) is 36.2. The van der Waals surface area contributed by atoms with Gasteiger partial charge in [-0.25, -0.2) is 18.4 Å². The van der Waals surface area contributed by atoms with E-state index in [1.165, 1.54) is 18.2 Å². The zero-order valence-electron chi connectivity index (χ0n) is 18.4. The normalized spacial score (nSPS) is 17.1. The maximum atomic E-state index is 13.2. The third kappa shape index (κ3) is 4.31. The van der Waals surface area contributed by atoms with Gasteiger partial charge in [-0.1, -0.05) is 18.2 Å². The quantitative estimate of drug-likeness (QED) is 0.568. The van der Waals surface area contributed by atoms with Gasteiger partial charge in [0.25, 0.3) is 5.91 Å². The minimum atomic E-state index is -3.92. The van der Waals surface area contributed by atoms with Crippen molar-refractivity contribution in [3.05, 3.63) is 54.1 Å². The molecule has 2 saturated heterocycles. The second-order valence-electron chi connectivity index (χ2n) is 8.25. The Bertz CT molecular complexity index is 1370. The lowest BCUT2D eigenvalue weighted by Crippen LogP contribution is -2.49. The van der Waals surface area contributed by atoms with Crippen LogP contribution in [0.15, 0.2) is 53.4 Å². The molecule has 10 nitrogen and oxygen atoms in total. The van der Waals surface area contributed by atoms with Gasteiger partial charge in [-0.3, -0.25) is 9.59 Å². The fraction of sp³-hybridized carbons (Fsp3) is 0.304. The number of aromatic nitrogens is 2. The maximum absolute atomic E-state index is 13.2. The van der Waals surface area contributed by atoms with Crippen LogP contribution in [-0.4, -0.2) is 67.2 Å². The van der Waals surface area contributed by atoms with Gasteiger partial charge in [0.1, 0.15) is 0 Å². The molecule has 0 atom stereocenters. The van der Waals surface area contributed by atoms with Crippen LogP contribution in [0.2, 0.25) is 0 Å². The van der Waals surface area contributed by atoms with Crippen molar-refractivity contribution in [2.45, 2.75) is 17.7 Å². The van der Waals surface area contributed by atoms with Crippen molar-refractivity contribution in [2.24, 2.45) is 0 Å². The minimum absolute atomic E-state index is 0.0424. The number of hydrogen-bond acceptors (Lipinski definition) is 7. The van der Waals surface area contributed by atoms with Crippen molar-refractivity contribution in [3.63, 3.8) is 0 Å². The lowest BCUT2D eigenvalue weighted by atomic mass is 10.2. The molecule has 11 heteroatoms. The van der Waals surface area contributed by atoms with Gasteiger partial charge in [-0.2, -0.15) is 4.31 Å². The van der Waals surface area contributed by atoms with Crippen LogP contribution >= 0.6 is 0 Å². The Morgan fingerprint density at radius 1 is 0.971 bits per heavy atom. The summed E-state index contributed by atoms with van der Waals surface area (Å²) >= 11 is 0. The highest BCUT2D eigenvalue weighted by Crippen LogP contribution is 2.28. The molecular formula is C23H24N6O4S. The van der Waals surface area contributed by atoms with Crippen molar-refractivity contribution in [2.75, 3.05) is 42.9 Å². The second-order valence-corrected chi connectivity index (χ2v) is 10.2. The van der Waals surface area contributed by atoms with Crippen LogP contribution in [0.5, 0.6) is 0 Å². The summed E-state index contributed by atoms with van der Waals surface area (Å²) in [6.07, 6.45) is 2.08. The molecule has 0 unspecified atom stereocenters. The standard InChI is InChI=1S/C23H24N6O4S/c30-20-15-29(13-10-24-20)34(32,33)17-7-5-6-16(14-17)23(31)27-21-22(28-11-3-4-12-28)26-19-9-2-1-8-18(19)25-21/h1-2,5-9,14H,3-4,10-13,15H2,(H,24,30)(H,25,27,31). The number of amides is 2. The summed E-state index contributed by atoms with van der Waals surface area (Å²) in [5.74, 6) is 0.103. The van der Waals surface area contributed by atoms with Gasteiger partial charge in [0.2, 0.25) is 15.9 Å². The summed E-state index contributed by atoms with van der Waals surface area (Å²) in [5, 5.41) is 5.44. The van der Waals surface area contributed by atoms with Crippen LogP contribution in [0.1, 0.15) is 23.2 Å². The molecule has 2 aliphatic heterocycles. The Kier molecular flexibility index (Phi) is 5.88. The number of anilines is 2. The smallest absolute Gasteiger partial charge is 0.256 e. The molecule has 0 saturated carbocycles.